The van der Waals surface area contributed by atoms with Gasteiger partial charge in [-0.25, -0.2) is 9.50 Å². The Morgan fingerprint density at radius 1 is 1.47 bits per heavy atom. The number of hydrogen-bond donors (Lipinski definition) is 1. The van der Waals surface area contributed by atoms with E-state index in [0.717, 1.165) is 18.6 Å². The van der Waals surface area contributed by atoms with Crippen LogP contribution >= 0.6 is 0 Å². The number of fused-ring (bicyclic) bond motifs is 1. The zero-order valence-corrected chi connectivity index (χ0v) is 8.59. The molecule has 1 aliphatic rings. The van der Waals surface area contributed by atoms with Gasteiger partial charge in [-0.1, -0.05) is 0 Å². The van der Waals surface area contributed by atoms with E-state index in [0.29, 0.717) is 12.0 Å². The minimum atomic E-state index is 0.489. The number of anilines is 1. The van der Waals surface area contributed by atoms with Crippen LogP contribution in [-0.4, -0.2) is 45.7 Å². The average molecular weight is 203 g/mol. The third kappa shape index (κ3) is 1.55. The molecular formula is C10H13N5. The molecule has 3 heterocycles. The van der Waals surface area contributed by atoms with Crippen molar-refractivity contribution in [1.29, 1.82) is 0 Å². The molecule has 1 aliphatic heterocycles. The second-order valence-electron chi connectivity index (χ2n) is 4.02. The van der Waals surface area contributed by atoms with Crippen molar-refractivity contribution in [3.63, 3.8) is 0 Å². The van der Waals surface area contributed by atoms with Gasteiger partial charge in [0.1, 0.15) is 0 Å². The first-order valence-corrected chi connectivity index (χ1v) is 5.07. The summed E-state index contributed by atoms with van der Waals surface area (Å²) in [5, 5.41) is 7.66. The van der Waals surface area contributed by atoms with E-state index in [1.54, 1.807) is 0 Å². The molecule has 0 aliphatic carbocycles. The first kappa shape index (κ1) is 8.67. The van der Waals surface area contributed by atoms with E-state index >= 15 is 0 Å². The van der Waals surface area contributed by atoms with Crippen molar-refractivity contribution in [1.82, 2.24) is 19.5 Å². The molecule has 2 aromatic rings. The Bertz CT molecular complexity index is 471. The molecule has 0 spiro atoms. The highest BCUT2D eigenvalue weighted by Gasteiger charge is 2.23. The van der Waals surface area contributed by atoms with Crippen LogP contribution in [0, 0.1) is 0 Å². The highest BCUT2D eigenvalue weighted by atomic mass is 15.3. The van der Waals surface area contributed by atoms with Crippen LogP contribution < -0.4 is 5.32 Å². The molecule has 0 atom stereocenters. The van der Waals surface area contributed by atoms with Crippen molar-refractivity contribution in [2.75, 3.05) is 25.5 Å². The van der Waals surface area contributed by atoms with Gasteiger partial charge < -0.3 is 10.2 Å². The molecule has 0 amide bonds. The third-order valence-corrected chi connectivity index (χ3v) is 2.68. The molecule has 5 heteroatoms. The maximum Gasteiger partial charge on any atom is 0.241 e. The monoisotopic (exact) mass is 203 g/mol. The summed E-state index contributed by atoms with van der Waals surface area (Å²) < 4.78 is 1.83. The summed E-state index contributed by atoms with van der Waals surface area (Å²) in [5.74, 6) is 0.705. The lowest BCUT2D eigenvalue weighted by Crippen LogP contribution is -2.52. The maximum atomic E-state index is 4.36. The number of aromatic nitrogens is 3. The van der Waals surface area contributed by atoms with Gasteiger partial charge in [-0.3, -0.25) is 0 Å². The van der Waals surface area contributed by atoms with Crippen molar-refractivity contribution < 1.29 is 0 Å². The Balaban J connectivity index is 1.79. The second kappa shape index (κ2) is 3.20. The van der Waals surface area contributed by atoms with Crippen molar-refractivity contribution in [2.45, 2.75) is 6.04 Å². The number of nitrogens with one attached hydrogen (secondary N) is 1. The van der Waals surface area contributed by atoms with Gasteiger partial charge >= 0.3 is 0 Å². The third-order valence-electron chi connectivity index (χ3n) is 2.68. The fourth-order valence-electron chi connectivity index (χ4n) is 1.87. The van der Waals surface area contributed by atoms with Crippen LogP contribution in [0.4, 0.5) is 5.95 Å². The van der Waals surface area contributed by atoms with Gasteiger partial charge in [0.2, 0.25) is 5.95 Å². The molecule has 0 bridgehead atoms. The van der Waals surface area contributed by atoms with Crippen LogP contribution in [0.2, 0.25) is 0 Å². The molecule has 15 heavy (non-hydrogen) atoms. The summed E-state index contributed by atoms with van der Waals surface area (Å²) in [4.78, 5) is 6.52. The Hall–Kier alpha value is -1.62. The van der Waals surface area contributed by atoms with Gasteiger partial charge in [0.25, 0.3) is 0 Å². The number of likely N-dealkylation sites (N-methyl/N-ethyl adjacent to an activating group) is 1. The van der Waals surface area contributed by atoms with Crippen LogP contribution in [0.25, 0.3) is 5.52 Å². The van der Waals surface area contributed by atoms with E-state index in [4.69, 9.17) is 0 Å². The average Bonchev–Trinajstić information content (AvgIpc) is 2.62. The predicted molar refractivity (Wildman–Crippen MR) is 57.9 cm³/mol. The summed E-state index contributed by atoms with van der Waals surface area (Å²) in [6, 6.07) is 4.44. The molecule has 3 rings (SSSR count). The van der Waals surface area contributed by atoms with Crippen LogP contribution in [-0.2, 0) is 0 Å². The Kier molecular flexibility index (Phi) is 1.85. The van der Waals surface area contributed by atoms with Crippen LogP contribution in [0.5, 0.6) is 0 Å². The topological polar surface area (TPSA) is 45.5 Å². The smallest absolute Gasteiger partial charge is 0.241 e. The van der Waals surface area contributed by atoms with Crippen molar-refractivity contribution in [2.24, 2.45) is 0 Å². The number of nitrogens with zero attached hydrogens (tertiary/aromatic N) is 4. The summed E-state index contributed by atoms with van der Waals surface area (Å²) in [6.45, 7) is 2.13. The van der Waals surface area contributed by atoms with Gasteiger partial charge in [0.15, 0.2) is 0 Å². The standard InChI is InChI=1S/C10H13N5/c1-14-6-8(7-14)12-10-11-5-9-3-2-4-15(9)13-10/h2-5,8H,6-7H2,1H3,(H,12,13). The first-order chi connectivity index (χ1) is 7.31. The molecule has 0 aromatic carbocycles. The Morgan fingerprint density at radius 2 is 2.33 bits per heavy atom. The molecule has 1 N–H and O–H groups in total. The summed E-state index contributed by atoms with van der Waals surface area (Å²) in [6.07, 6.45) is 3.76. The highest BCUT2D eigenvalue weighted by molar-refractivity contribution is 5.45. The van der Waals surface area contributed by atoms with E-state index in [2.05, 4.69) is 27.3 Å². The van der Waals surface area contributed by atoms with E-state index < -0.39 is 0 Å². The largest absolute Gasteiger partial charge is 0.348 e. The van der Waals surface area contributed by atoms with Crippen molar-refractivity contribution >= 4 is 11.5 Å². The molecule has 78 valence electrons. The summed E-state index contributed by atoms with van der Waals surface area (Å²) >= 11 is 0. The molecule has 2 aromatic heterocycles. The minimum absolute atomic E-state index is 0.489. The zero-order chi connectivity index (χ0) is 10.3. The SMILES string of the molecule is CN1CC(Nc2ncc3cccn3n2)C1. The van der Waals surface area contributed by atoms with Crippen molar-refractivity contribution in [3.8, 4) is 0 Å². The van der Waals surface area contributed by atoms with E-state index in [1.807, 2.05) is 29.0 Å². The Labute approximate surface area is 87.7 Å². The number of rotatable bonds is 2. The normalized spacial score (nSPS) is 17.9. The lowest BCUT2D eigenvalue weighted by atomic mass is 10.1. The fraction of sp³-hybridized carbons (Fsp3) is 0.400. The zero-order valence-electron chi connectivity index (χ0n) is 8.59. The van der Waals surface area contributed by atoms with E-state index in [9.17, 15) is 0 Å². The van der Waals surface area contributed by atoms with Crippen LogP contribution in [0.3, 0.4) is 0 Å². The van der Waals surface area contributed by atoms with E-state index in [-0.39, 0.29) is 0 Å². The van der Waals surface area contributed by atoms with Gasteiger partial charge in [-0.2, -0.15) is 0 Å². The summed E-state index contributed by atoms with van der Waals surface area (Å²) in [5.41, 5.74) is 1.02. The van der Waals surface area contributed by atoms with Gasteiger partial charge in [0, 0.05) is 19.3 Å². The number of hydrogen-bond acceptors (Lipinski definition) is 4. The lowest BCUT2D eigenvalue weighted by Gasteiger charge is -2.36. The minimum Gasteiger partial charge on any atom is -0.348 e. The van der Waals surface area contributed by atoms with Gasteiger partial charge in [-0.05, 0) is 19.2 Å². The van der Waals surface area contributed by atoms with Crippen LogP contribution in [0.15, 0.2) is 24.5 Å². The fourth-order valence-corrected chi connectivity index (χ4v) is 1.87. The molecular weight excluding hydrogens is 190 g/mol. The van der Waals surface area contributed by atoms with Crippen molar-refractivity contribution in [3.05, 3.63) is 24.5 Å². The molecule has 1 saturated heterocycles. The first-order valence-electron chi connectivity index (χ1n) is 5.07. The maximum absolute atomic E-state index is 4.36. The van der Waals surface area contributed by atoms with Gasteiger partial charge in [0.05, 0.1) is 17.8 Å². The molecule has 0 unspecified atom stereocenters. The number of likely N-dealkylation sites (tertiary alicyclic amines) is 1. The molecule has 5 nitrogen and oxygen atoms in total. The second-order valence-corrected chi connectivity index (χ2v) is 4.02. The Morgan fingerprint density at radius 3 is 3.13 bits per heavy atom. The van der Waals surface area contributed by atoms with E-state index in [1.165, 1.54) is 0 Å². The molecule has 1 fully saturated rings. The van der Waals surface area contributed by atoms with Gasteiger partial charge in [-0.15, -0.1) is 5.10 Å². The highest BCUT2D eigenvalue weighted by Crippen LogP contribution is 2.10. The molecule has 0 saturated carbocycles. The predicted octanol–water partition coefficient (Wildman–Crippen LogP) is 0.455. The summed E-state index contributed by atoms with van der Waals surface area (Å²) in [7, 11) is 2.11. The molecule has 0 radical (unpaired) electrons. The lowest BCUT2D eigenvalue weighted by molar-refractivity contribution is 0.204. The van der Waals surface area contributed by atoms with Crippen LogP contribution in [0.1, 0.15) is 0 Å². The quantitative estimate of drug-likeness (QED) is 0.770.